The standard InChI is InChI=1S/C25H26F2N8/c26-19-7-18(6-17-2-1-5-28-15-32-22(17)19)23-20(27)9-31-24(34-23)33-21-4-3-16(8-30-21)10-35-13-25(14-35)11-29-12-25/h3-4,6-9,15,29H,1-2,5,10-14H2,(H,28,32)(H,30,31,33,34). The quantitative estimate of drug-likeness (QED) is 0.520. The average molecular weight is 477 g/mol. The number of hydrogen-bond donors (Lipinski definition) is 3. The molecule has 35 heavy (non-hydrogen) atoms. The number of anilines is 3. The van der Waals surface area contributed by atoms with Gasteiger partial charge in [-0.15, -0.1) is 0 Å². The van der Waals surface area contributed by atoms with E-state index in [1.54, 1.807) is 6.07 Å². The molecule has 0 amide bonds. The van der Waals surface area contributed by atoms with Crippen molar-refractivity contribution in [3.63, 3.8) is 0 Å². The number of nitrogens with zero attached hydrogens (tertiary/aromatic N) is 5. The average Bonchev–Trinajstić information content (AvgIpc) is 2.78. The van der Waals surface area contributed by atoms with Crippen LogP contribution < -0.4 is 16.0 Å². The molecule has 1 aromatic carbocycles. The van der Waals surface area contributed by atoms with Crippen molar-refractivity contribution in [2.75, 3.05) is 43.4 Å². The molecule has 10 heteroatoms. The van der Waals surface area contributed by atoms with Gasteiger partial charge >= 0.3 is 0 Å². The highest BCUT2D eigenvalue weighted by molar-refractivity contribution is 5.80. The summed E-state index contributed by atoms with van der Waals surface area (Å²) < 4.78 is 29.5. The van der Waals surface area contributed by atoms with E-state index in [2.05, 4.69) is 40.8 Å². The van der Waals surface area contributed by atoms with Gasteiger partial charge < -0.3 is 16.0 Å². The lowest BCUT2D eigenvalue weighted by Gasteiger charge is -2.56. The summed E-state index contributed by atoms with van der Waals surface area (Å²) >= 11 is 0. The molecule has 0 radical (unpaired) electrons. The van der Waals surface area contributed by atoms with Crippen molar-refractivity contribution in [1.29, 1.82) is 0 Å². The van der Waals surface area contributed by atoms with E-state index in [0.717, 1.165) is 56.5 Å². The first-order valence-corrected chi connectivity index (χ1v) is 11.8. The molecule has 3 aromatic rings. The number of likely N-dealkylation sites (tertiary alicyclic amines) is 1. The van der Waals surface area contributed by atoms with Crippen LogP contribution in [0.2, 0.25) is 0 Å². The number of pyridine rings is 1. The van der Waals surface area contributed by atoms with Crippen LogP contribution in [-0.2, 0) is 13.0 Å². The van der Waals surface area contributed by atoms with Gasteiger partial charge in [0.25, 0.3) is 0 Å². The highest BCUT2D eigenvalue weighted by Crippen LogP contribution is 2.35. The van der Waals surface area contributed by atoms with E-state index < -0.39 is 11.6 Å². The normalized spacial score (nSPS) is 18.6. The van der Waals surface area contributed by atoms with Gasteiger partial charge in [0.1, 0.15) is 17.3 Å². The van der Waals surface area contributed by atoms with Crippen molar-refractivity contribution in [2.24, 2.45) is 10.4 Å². The Morgan fingerprint density at radius 1 is 1.06 bits per heavy atom. The SMILES string of the molecule is Fc1cnc(Nc2ccc(CN3CC4(CNC4)C3)cn2)nc1-c1cc(F)c2c(c1)CCCN=CN2. The minimum atomic E-state index is -0.618. The third-order valence-electron chi connectivity index (χ3n) is 6.81. The predicted octanol–water partition coefficient (Wildman–Crippen LogP) is 3.35. The van der Waals surface area contributed by atoms with Gasteiger partial charge in [-0.1, -0.05) is 6.07 Å². The number of aliphatic imine (C=N–C) groups is 1. The van der Waals surface area contributed by atoms with Crippen LogP contribution in [0.15, 0.2) is 41.7 Å². The van der Waals surface area contributed by atoms with E-state index in [-0.39, 0.29) is 11.6 Å². The molecule has 3 aliphatic rings. The van der Waals surface area contributed by atoms with Gasteiger partial charge in [-0.25, -0.2) is 23.7 Å². The van der Waals surface area contributed by atoms with Crippen LogP contribution in [0.5, 0.6) is 0 Å². The van der Waals surface area contributed by atoms with Crippen molar-refractivity contribution in [2.45, 2.75) is 19.4 Å². The third-order valence-corrected chi connectivity index (χ3v) is 6.81. The number of nitrogens with one attached hydrogen (secondary N) is 3. The predicted molar refractivity (Wildman–Crippen MR) is 131 cm³/mol. The molecule has 0 saturated carbocycles. The monoisotopic (exact) mass is 476 g/mol. The Morgan fingerprint density at radius 2 is 1.94 bits per heavy atom. The summed E-state index contributed by atoms with van der Waals surface area (Å²) in [6.45, 7) is 6.01. The Hall–Kier alpha value is -3.50. The Labute approximate surface area is 201 Å². The molecule has 0 unspecified atom stereocenters. The van der Waals surface area contributed by atoms with Crippen LogP contribution in [0.1, 0.15) is 17.5 Å². The lowest BCUT2D eigenvalue weighted by atomic mass is 9.74. The van der Waals surface area contributed by atoms with Crippen LogP contribution in [-0.4, -0.2) is 58.9 Å². The third kappa shape index (κ3) is 4.46. The molecule has 5 heterocycles. The summed E-state index contributed by atoms with van der Waals surface area (Å²) in [6.07, 6.45) is 5.84. The van der Waals surface area contributed by atoms with Crippen LogP contribution in [0, 0.1) is 17.0 Å². The van der Waals surface area contributed by atoms with Crippen molar-refractivity contribution >= 4 is 23.8 Å². The van der Waals surface area contributed by atoms with Gasteiger partial charge in [-0.2, -0.15) is 0 Å². The maximum atomic E-state index is 14.8. The van der Waals surface area contributed by atoms with Gasteiger partial charge in [0.2, 0.25) is 5.95 Å². The highest BCUT2D eigenvalue weighted by atomic mass is 19.1. The lowest BCUT2D eigenvalue weighted by molar-refractivity contribution is -0.0444. The minimum absolute atomic E-state index is 0.0359. The van der Waals surface area contributed by atoms with Crippen LogP contribution >= 0.6 is 0 Å². The Morgan fingerprint density at radius 3 is 2.71 bits per heavy atom. The number of rotatable bonds is 5. The molecular formula is C25H26F2N8. The maximum Gasteiger partial charge on any atom is 0.229 e. The maximum absolute atomic E-state index is 14.8. The molecule has 0 aliphatic carbocycles. The van der Waals surface area contributed by atoms with Gasteiger partial charge in [-0.3, -0.25) is 9.89 Å². The second kappa shape index (κ2) is 8.94. The number of hydrogen-bond acceptors (Lipinski definition) is 8. The fourth-order valence-corrected chi connectivity index (χ4v) is 5.01. The molecule has 180 valence electrons. The van der Waals surface area contributed by atoms with E-state index in [1.165, 1.54) is 12.4 Å². The zero-order chi connectivity index (χ0) is 23.8. The molecule has 0 atom stereocenters. The van der Waals surface area contributed by atoms with Crippen LogP contribution in [0.4, 0.5) is 26.2 Å². The fraction of sp³-hybridized carbons (Fsp3) is 0.360. The summed E-state index contributed by atoms with van der Waals surface area (Å²) in [5, 5.41) is 9.26. The highest BCUT2D eigenvalue weighted by Gasteiger charge is 2.47. The van der Waals surface area contributed by atoms with E-state index in [1.807, 2.05) is 18.3 Å². The van der Waals surface area contributed by atoms with Gasteiger partial charge in [0, 0.05) is 56.4 Å². The fourth-order valence-electron chi connectivity index (χ4n) is 5.01. The molecule has 2 fully saturated rings. The molecule has 6 rings (SSSR count). The van der Waals surface area contributed by atoms with Crippen molar-refractivity contribution in [3.05, 3.63) is 59.4 Å². The molecule has 3 aliphatic heterocycles. The van der Waals surface area contributed by atoms with E-state index in [4.69, 9.17) is 0 Å². The van der Waals surface area contributed by atoms with E-state index in [9.17, 15) is 8.78 Å². The first-order valence-electron chi connectivity index (χ1n) is 11.8. The largest absolute Gasteiger partial charge is 0.344 e. The zero-order valence-corrected chi connectivity index (χ0v) is 19.2. The number of fused-ring (bicyclic) bond motifs is 1. The second-order valence-electron chi connectivity index (χ2n) is 9.59. The summed E-state index contributed by atoms with van der Waals surface area (Å²) in [6, 6.07) is 6.93. The van der Waals surface area contributed by atoms with Gasteiger partial charge in [0.15, 0.2) is 5.82 Å². The molecule has 2 saturated heterocycles. The first-order chi connectivity index (χ1) is 17.1. The van der Waals surface area contributed by atoms with Crippen molar-refractivity contribution in [1.82, 2.24) is 25.2 Å². The van der Waals surface area contributed by atoms with Crippen LogP contribution in [0.3, 0.4) is 0 Å². The molecule has 2 aromatic heterocycles. The van der Waals surface area contributed by atoms with Crippen LogP contribution in [0.25, 0.3) is 11.3 Å². The Bertz CT molecular complexity index is 1270. The Balaban J connectivity index is 1.17. The van der Waals surface area contributed by atoms with Crippen molar-refractivity contribution < 1.29 is 8.78 Å². The smallest absolute Gasteiger partial charge is 0.229 e. The number of aromatic nitrogens is 3. The summed E-state index contributed by atoms with van der Waals surface area (Å²) in [5.41, 5.74) is 3.16. The zero-order valence-electron chi connectivity index (χ0n) is 19.2. The Kier molecular flexibility index (Phi) is 5.62. The first kappa shape index (κ1) is 22.0. The summed E-state index contributed by atoms with van der Waals surface area (Å²) in [7, 11) is 0. The molecule has 8 nitrogen and oxygen atoms in total. The molecular weight excluding hydrogens is 450 g/mol. The number of benzene rings is 1. The number of halogens is 2. The second-order valence-corrected chi connectivity index (χ2v) is 9.59. The molecule has 0 bridgehead atoms. The van der Waals surface area contributed by atoms with Gasteiger partial charge in [-0.05, 0) is 42.2 Å². The number of aryl methyl sites for hydroxylation is 1. The summed E-state index contributed by atoms with van der Waals surface area (Å²) in [5.74, 6) is -0.339. The molecule has 3 N–H and O–H groups in total. The lowest BCUT2D eigenvalue weighted by Crippen LogP contribution is -2.70. The van der Waals surface area contributed by atoms with Crippen molar-refractivity contribution in [3.8, 4) is 11.3 Å². The van der Waals surface area contributed by atoms with E-state index >= 15 is 0 Å². The topological polar surface area (TPSA) is 90.4 Å². The van der Waals surface area contributed by atoms with Gasteiger partial charge in [0.05, 0.1) is 18.2 Å². The minimum Gasteiger partial charge on any atom is -0.344 e. The van der Waals surface area contributed by atoms with E-state index in [0.29, 0.717) is 35.4 Å². The summed E-state index contributed by atoms with van der Waals surface area (Å²) in [4.78, 5) is 19.4. The molecule has 1 spiro atoms.